The molecular formula is C34H36B2N4O6+2. The van der Waals surface area contributed by atoms with Crippen LogP contribution in [0.5, 0.6) is 5.75 Å². The molecule has 0 atom stereocenters. The Balaban J connectivity index is 1.63. The molecule has 4 aromatic rings. The Bertz CT molecular complexity index is 1770. The molecule has 10 nitrogen and oxygen atoms in total. The molecule has 5 N–H and O–H groups in total. The monoisotopic (exact) mass is 618 g/mol. The van der Waals surface area contributed by atoms with E-state index in [0.29, 0.717) is 65.4 Å². The average molecular weight is 618 g/mol. The number of para-hydroxylation sites is 1. The van der Waals surface area contributed by atoms with Gasteiger partial charge in [-0.15, -0.1) is 0 Å². The molecule has 0 unspecified atom stereocenters. The van der Waals surface area contributed by atoms with Crippen LogP contribution in [0.4, 0.5) is 0 Å². The number of carbonyl (C=O) groups is 2. The van der Waals surface area contributed by atoms with Crippen LogP contribution in [0.25, 0.3) is 0 Å². The van der Waals surface area contributed by atoms with Gasteiger partial charge in [0.15, 0.2) is 25.5 Å². The second kappa shape index (κ2) is 16.7. The van der Waals surface area contributed by atoms with Gasteiger partial charge in [-0.2, -0.15) is 9.13 Å². The largest absolute Gasteiger partial charge is 0.538 e. The van der Waals surface area contributed by atoms with E-state index < -0.39 is 14.8 Å². The van der Waals surface area contributed by atoms with E-state index in [4.69, 9.17) is 4.65 Å². The molecule has 0 bridgehead atoms. The number of nitrogens with one attached hydrogen (secondary N) is 2. The Morgan fingerprint density at radius 2 is 1.52 bits per heavy atom. The van der Waals surface area contributed by atoms with Crippen LogP contribution in [0.1, 0.15) is 46.2 Å². The molecule has 2 aromatic heterocycles. The summed E-state index contributed by atoms with van der Waals surface area (Å²) in [5, 5.41) is 34.7. The Hall–Kier alpha value is -5.21. The van der Waals surface area contributed by atoms with Crippen LogP contribution in [0.2, 0.25) is 0 Å². The van der Waals surface area contributed by atoms with Crippen molar-refractivity contribution in [3.05, 3.63) is 131 Å². The third kappa shape index (κ3) is 9.39. The average Bonchev–Trinajstić information content (AvgIpc) is 3.05. The van der Waals surface area contributed by atoms with Gasteiger partial charge in [-0.05, 0) is 37.0 Å². The summed E-state index contributed by atoms with van der Waals surface area (Å²) in [6.07, 6.45) is 4.19. The first-order valence-electron chi connectivity index (χ1n) is 14.8. The van der Waals surface area contributed by atoms with Crippen molar-refractivity contribution in [3.63, 3.8) is 0 Å². The standard InChI is InChI=1S/C34H34B2N4O6/c1-25(2)33(41)37-18-9-19-38-34(42)26-17-21-40(23-27-10-3-5-13-31(27)36(44)45)30(22-26)16-15-29-12-7-8-20-39(29)24-28-11-4-6-14-32(28)46-35-43/h3-8,10-14,17,20-22,35,43-45H,1,9,18-19,23-24H2,2H3/p+2. The zero-order valence-corrected chi connectivity index (χ0v) is 25.6. The number of nitrogens with zero attached hydrogens (tertiary/aromatic N) is 2. The highest BCUT2D eigenvalue weighted by molar-refractivity contribution is 6.59. The summed E-state index contributed by atoms with van der Waals surface area (Å²) in [5.74, 6) is 6.51. The maximum atomic E-state index is 13.1. The number of rotatable bonds is 13. The number of benzene rings is 2. The first kappa shape index (κ1) is 33.7. The lowest BCUT2D eigenvalue weighted by atomic mass is 9.77. The van der Waals surface area contributed by atoms with Gasteiger partial charge < -0.3 is 30.4 Å². The Morgan fingerprint density at radius 1 is 0.870 bits per heavy atom. The normalized spacial score (nSPS) is 10.3. The van der Waals surface area contributed by atoms with Crippen molar-refractivity contribution in [2.24, 2.45) is 0 Å². The number of hydrogen-bond donors (Lipinski definition) is 5. The molecule has 0 spiro atoms. The molecule has 2 heterocycles. The number of amides is 2. The van der Waals surface area contributed by atoms with Gasteiger partial charge in [-0.3, -0.25) is 9.59 Å². The minimum atomic E-state index is -1.64. The molecule has 0 fully saturated rings. The molecule has 46 heavy (non-hydrogen) atoms. The van der Waals surface area contributed by atoms with Crippen molar-refractivity contribution in [2.75, 3.05) is 13.1 Å². The minimum absolute atomic E-state index is 0.222. The van der Waals surface area contributed by atoms with Crippen LogP contribution in [-0.2, 0) is 17.9 Å². The van der Waals surface area contributed by atoms with Crippen LogP contribution >= 0.6 is 0 Å². The number of aromatic nitrogens is 2. The second-order valence-electron chi connectivity index (χ2n) is 10.5. The van der Waals surface area contributed by atoms with Crippen LogP contribution in [0, 0.1) is 11.8 Å². The minimum Gasteiger partial charge on any atom is -0.538 e. The van der Waals surface area contributed by atoms with Crippen molar-refractivity contribution in [3.8, 4) is 17.6 Å². The molecule has 0 saturated heterocycles. The van der Waals surface area contributed by atoms with Gasteiger partial charge >= 0.3 is 14.8 Å². The summed E-state index contributed by atoms with van der Waals surface area (Å²) in [7, 11) is -2.08. The maximum Gasteiger partial charge on any atom is 0.504 e. The van der Waals surface area contributed by atoms with Crippen LogP contribution < -0.4 is 29.9 Å². The third-order valence-corrected chi connectivity index (χ3v) is 7.08. The summed E-state index contributed by atoms with van der Waals surface area (Å²) in [5.41, 5.74) is 3.98. The number of hydrogen-bond acceptors (Lipinski definition) is 6. The van der Waals surface area contributed by atoms with E-state index in [-0.39, 0.29) is 18.4 Å². The van der Waals surface area contributed by atoms with Gasteiger partial charge in [0.1, 0.15) is 5.75 Å². The first-order chi connectivity index (χ1) is 22.3. The molecule has 12 heteroatoms. The van der Waals surface area contributed by atoms with E-state index in [9.17, 15) is 24.7 Å². The highest BCUT2D eigenvalue weighted by Gasteiger charge is 2.21. The fourth-order valence-electron chi connectivity index (χ4n) is 4.66. The van der Waals surface area contributed by atoms with Gasteiger partial charge in [-0.1, -0.05) is 43.0 Å². The Labute approximate surface area is 269 Å². The van der Waals surface area contributed by atoms with Gasteiger partial charge in [0.25, 0.3) is 17.3 Å². The van der Waals surface area contributed by atoms with E-state index in [2.05, 4.69) is 29.1 Å². The Morgan fingerprint density at radius 3 is 2.28 bits per heavy atom. The highest BCUT2D eigenvalue weighted by Crippen LogP contribution is 2.17. The van der Waals surface area contributed by atoms with Crippen molar-refractivity contribution in [1.29, 1.82) is 0 Å². The summed E-state index contributed by atoms with van der Waals surface area (Å²) in [6.45, 7) is 6.73. The van der Waals surface area contributed by atoms with Crippen LogP contribution in [-0.4, -0.2) is 54.8 Å². The molecule has 0 aliphatic rings. The summed E-state index contributed by atoms with van der Waals surface area (Å²) in [4.78, 5) is 24.7. The molecule has 0 radical (unpaired) electrons. The van der Waals surface area contributed by atoms with Crippen molar-refractivity contribution >= 4 is 32.1 Å². The van der Waals surface area contributed by atoms with Crippen molar-refractivity contribution in [1.82, 2.24) is 10.6 Å². The third-order valence-electron chi connectivity index (χ3n) is 7.08. The molecule has 232 valence electrons. The molecule has 2 amide bonds. The van der Waals surface area contributed by atoms with Gasteiger partial charge in [0.05, 0.1) is 11.1 Å². The SMILES string of the molecule is C=C(C)C(=O)NCCCNC(=O)c1cc[n+](Cc2ccccc2B(O)O)c(C#Cc2cccc[n+]2Cc2ccccc2OBO)c1. The van der Waals surface area contributed by atoms with E-state index >= 15 is 0 Å². The fourth-order valence-corrected chi connectivity index (χ4v) is 4.66. The van der Waals surface area contributed by atoms with E-state index in [1.807, 2.05) is 63.9 Å². The van der Waals surface area contributed by atoms with E-state index in [1.54, 1.807) is 43.5 Å². The molecule has 0 aliphatic carbocycles. The van der Waals surface area contributed by atoms with Crippen LogP contribution in [0.3, 0.4) is 0 Å². The molecule has 2 aromatic carbocycles. The van der Waals surface area contributed by atoms with Gasteiger partial charge in [-0.25, -0.2) is 0 Å². The van der Waals surface area contributed by atoms with E-state index in [0.717, 1.165) is 5.56 Å². The number of carbonyl (C=O) groups excluding carboxylic acids is 2. The van der Waals surface area contributed by atoms with Gasteiger partial charge in [0.2, 0.25) is 5.91 Å². The molecule has 0 saturated carbocycles. The van der Waals surface area contributed by atoms with Crippen molar-refractivity contribution < 1.29 is 38.4 Å². The quantitative estimate of drug-likeness (QED) is 0.0467. The summed E-state index contributed by atoms with van der Waals surface area (Å²) in [6, 6.07) is 23.5. The predicted molar refractivity (Wildman–Crippen MR) is 175 cm³/mol. The lowest BCUT2D eigenvalue weighted by Crippen LogP contribution is -2.43. The second-order valence-corrected chi connectivity index (χ2v) is 10.5. The zero-order chi connectivity index (χ0) is 32.9. The predicted octanol–water partition coefficient (Wildman–Crippen LogP) is -0.112. The summed E-state index contributed by atoms with van der Waals surface area (Å²) >= 11 is 0. The topological polar surface area (TPSA) is 136 Å². The number of pyridine rings is 2. The molecule has 4 rings (SSSR count). The van der Waals surface area contributed by atoms with Gasteiger partial charge in [0, 0.05) is 60.3 Å². The fraction of sp³-hybridized carbons (Fsp3) is 0.176. The van der Waals surface area contributed by atoms with Crippen LogP contribution in [0.15, 0.2) is 103 Å². The lowest BCUT2D eigenvalue weighted by Gasteiger charge is -2.09. The Kier molecular flexibility index (Phi) is 12.3. The maximum absolute atomic E-state index is 13.1. The van der Waals surface area contributed by atoms with E-state index in [1.165, 1.54) is 0 Å². The lowest BCUT2D eigenvalue weighted by molar-refractivity contribution is -0.691. The molecular weight excluding hydrogens is 582 g/mol. The molecule has 0 aliphatic heterocycles. The first-order valence-corrected chi connectivity index (χ1v) is 14.8. The summed E-state index contributed by atoms with van der Waals surface area (Å²) < 4.78 is 9.18. The van der Waals surface area contributed by atoms with Crippen molar-refractivity contribution in [2.45, 2.75) is 26.4 Å². The smallest absolute Gasteiger partial charge is 0.504 e. The zero-order valence-electron chi connectivity index (χ0n) is 25.6. The highest BCUT2D eigenvalue weighted by atomic mass is 16.5.